The van der Waals surface area contributed by atoms with E-state index in [-0.39, 0.29) is 5.54 Å². The van der Waals surface area contributed by atoms with Crippen molar-refractivity contribution in [2.75, 3.05) is 13.1 Å². The van der Waals surface area contributed by atoms with Gasteiger partial charge in [0, 0.05) is 5.54 Å². The molecular formula is C18H32N2. The molecule has 1 aliphatic carbocycles. The van der Waals surface area contributed by atoms with Crippen LogP contribution in [0.4, 0.5) is 0 Å². The van der Waals surface area contributed by atoms with E-state index in [1.165, 1.54) is 42.6 Å². The maximum atomic E-state index is 6.21. The molecule has 2 rings (SSSR count). The molecule has 1 aliphatic rings. The van der Waals surface area contributed by atoms with Crippen LogP contribution in [0.15, 0.2) is 18.2 Å². The second-order valence-corrected chi connectivity index (χ2v) is 6.01. The van der Waals surface area contributed by atoms with E-state index >= 15 is 0 Å². The molecule has 1 unspecified atom stereocenters. The number of hydrogen-bond donors (Lipinski definition) is 2. The van der Waals surface area contributed by atoms with Crippen LogP contribution in [-0.2, 0) is 18.4 Å². The molecular weight excluding hydrogens is 244 g/mol. The van der Waals surface area contributed by atoms with Crippen molar-refractivity contribution in [3.63, 3.8) is 0 Å². The van der Waals surface area contributed by atoms with Crippen LogP contribution >= 0.6 is 0 Å². The zero-order chi connectivity index (χ0) is 15.0. The lowest BCUT2D eigenvalue weighted by molar-refractivity contribution is 0.491. The number of aryl methyl sites for hydroxylation is 2. The molecule has 1 atom stereocenters. The van der Waals surface area contributed by atoms with Crippen LogP contribution in [0.5, 0.6) is 0 Å². The summed E-state index contributed by atoms with van der Waals surface area (Å²) in [5, 5.41) is 3.28. The predicted molar refractivity (Wildman–Crippen MR) is 89.1 cm³/mol. The first-order valence-electron chi connectivity index (χ1n) is 8.17. The molecule has 0 radical (unpaired) electrons. The fourth-order valence-corrected chi connectivity index (χ4v) is 2.60. The normalized spacial score (nSPS) is 20.2. The zero-order valence-electron chi connectivity index (χ0n) is 13.8. The number of rotatable bonds is 5. The Morgan fingerprint density at radius 2 is 1.80 bits per heavy atom. The monoisotopic (exact) mass is 276 g/mol. The Bertz CT molecular complexity index is 392. The first-order chi connectivity index (χ1) is 9.55. The van der Waals surface area contributed by atoms with Gasteiger partial charge >= 0.3 is 0 Å². The molecule has 0 aromatic heterocycles. The molecule has 0 saturated carbocycles. The van der Waals surface area contributed by atoms with Crippen LogP contribution in [0.2, 0.25) is 0 Å². The van der Waals surface area contributed by atoms with Gasteiger partial charge in [-0.15, -0.1) is 0 Å². The average Bonchev–Trinajstić information content (AvgIpc) is 2.75. The third-order valence-corrected chi connectivity index (χ3v) is 3.97. The minimum atomic E-state index is -0.0828. The Labute approximate surface area is 125 Å². The van der Waals surface area contributed by atoms with Crippen molar-refractivity contribution < 1.29 is 0 Å². The van der Waals surface area contributed by atoms with Crippen LogP contribution in [0.3, 0.4) is 0 Å². The summed E-state index contributed by atoms with van der Waals surface area (Å²) in [4.78, 5) is 0. The van der Waals surface area contributed by atoms with Crippen molar-refractivity contribution in [3.8, 4) is 0 Å². The highest BCUT2D eigenvalue weighted by Gasteiger charge is 2.29. The highest BCUT2D eigenvalue weighted by atomic mass is 14.8. The largest absolute Gasteiger partial charge is 0.322 e. The summed E-state index contributed by atoms with van der Waals surface area (Å²) in [6, 6.07) is 6.74. The SMILES string of the molecule is CCCNCCC.CCc1ccc2c(c1)C(C)(N)CC2. The second-order valence-electron chi connectivity index (χ2n) is 6.01. The first-order valence-corrected chi connectivity index (χ1v) is 8.17. The van der Waals surface area contributed by atoms with Gasteiger partial charge in [0.15, 0.2) is 0 Å². The van der Waals surface area contributed by atoms with Crippen molar-refractivity contribution in [1.82, 2.24) is 5.32 Å². The molecule has 0 heterocycles. The fourth-order valence-electron chi connectivity index (χ4n) is 2.60. The Kier molecular flexibility index (Phi) is 7.25. The molecule has 114 valence electrons. The van der Waals surface area contributed by atoms with Gasteiger partial charge in [0.05, 0.1) is 0 Å². The highest BCUT2D eigenvalue weighted by molar-refractivity contribution is 5.40. The molecule has 1 aromatic carbocycles. The number of hydrogen-bond acceptors (Lipinski definition) is 2. The van der Waals surface area contributed by atoms with Crippen LogP contribution in [0.1, 0.15) is 63.6 Å². The van der Waals surface area contributed by atoms with Crippen molar-refractivity contribution in [1.29, 1.82) is 0 Å². The number of fused-ring (bicyclic) bond motifs is 1. The standard InChI is InChI=1S/C12H17N.C6H15N/c1-3-9-4-5-10-6-7-12(2,13)11(10)8-9;1-3-5-7-6-4-2/h4-5,8H,3,6-7,13H2,1-2H3;7H,3-6H2,1-2H3. The third kappa shape index (κ3) is 4.92. The van der Waals surface area contributed by atoms with Gasteiger partial charge in [0.25, 0.3) is 0 Å². The van der Waals surface area contributed by atoms with Crippen molar-refractivity contribution >= 4 is 0 Å². The summed E-state index contributed by atoms with van der Waals surface area (Å²) in [5.41, 5.74) is 10.3. The molecule has 0 saturated heterocycles. The van der Waals surface area contributed by atoms with E-state index in [1.807, 2.05) is 0 Å². The summed E-state index contributed by atoms with van der Waals surface area (Å²) in [6.45, 7) is 11.0. The first kappa shape index (κ1) is 17.2. The van der Waals surface area contributed by atoms with Gasteiger partial charge in [-0.05, 0) is 68.8 Å². The third-order valence-electron chi connectivity index (χ3n) is 3.97. The molecule has 2 nitrogen and oxygen atoms in total. The highest BCUT2D eigenvalue weighted by Crippen LogP contribution is 2.34. The minimum Gasteiger partial charge on any atom is -0.322 e. The summed E-state index contributed by atoms with van der Waals surface area (Å²) < 4.78 is 0. The van der Waals surface area contributed by atoms with E-state index in [2.05, 4.69) is 51.2 Å². The van der Waals surface area contributed by atoms with Crippen LogP contribution in [0.25, 0.3) is 0 Å². The Balaban J connectivity index is 0.000000246. The summed E-state index contributed by atoms with van der Waals surface area (Å²) >= 11 is 0. The molecule has 0 bridgehead atoms. The topological polar surface area (TPSA) is 38.0 Å². The second kappa shape index (κ2) is 8.43. The Morgan fingerprint density at radius 3 is 2.35 bits per heavy atom. The van der Waals surface area contributed by atoms with E-state index in [0.717, 1.165) is 19.3 Å². The van der Waals surface area contributed by atoms with E-state index in [4.69, 9.17) is 5.73 Å². The zero-order valence-corrected chi connectivity index (χ0v) is 13.8. The van der Waals surface area contributed by atoms with E-state index in [9.17, 15) is 0 Å². The molecule has 0 fully saturated rings. The predicted octanol–water partition coefficient (Wildman–Crippen LogP) is 3.77. The maximum absolute atomic E-state index is 6.21. The average molecular weight is 276 g/mol. The van der Waals surface area contributed by atoms with Gasteiger partial charge in [-0.2, -0.15) is 0 Å². The summed E-state index contributed by atoms with van der Waals surface area (Å²) in [6.07, 6.45) is 5.84. The Hall–Kier alpha value is -0.860. The lowest BCUT2D eigenvalue weighted by Crippen LogP contribution is -2.29. The fraction of sp³-hybridized carbons (Fsp3) is 0.667. The summed E-state index contributed by atoms with van der Waals surface area (Å²) in [7, 11) is 0. The number of nitrogens with two attached hydrogens (primary N) is 1. The number of nitrogens with one attached hydrogen (secondary N) is 1. The van der Waals surface area contributed by atoms with E-state index in [1.54, 1.807) is 0 Å². The lowest BCUT2D eigenvalue weighted by Gasteiger charge is -2.19. The van der Waals surface area contributed by atoms with Crippen LogP contribution < -0.4 is 11.1 Å². The molecule has 20 heavy (non-hydrogen) atoms. The van der Waals surface area contributed by atoms with Gasteiger partial charge in [-0.1, -0.05) is 39.0 Å². The van der Waals surface area contributed by atoms with Gasteiger partial charge in [0.2, 0.25) is 0 Å². The smallest absolute Gasteiger partial charge is 0.0387 e. The molecule has 0 aliphatic heterocycles. The van der Waals surface area contributed by atoms with Gasteiger partial charge < -0.3 is 11.1 Å². The van der Waals surface area contributed by atoms with Crippen LogP contribution in [-0.4, -0.2) is 13.1 Å². The minimum absolute atomic E-state index is 0.0828. The Morgan fingerprint density at radius 1 is 1.15 bits per heavy atom. The van der Waals surface area contributed by atoms with Gasteiger partial charge in [-0.3, -0.25) is 0 Å². The van der Waals surface area contributed by atoms with E-state index < -0.39 is 0 Å². The number of benzene rings is 1. The van der Waals surface area contributed by atoms with Crippen molar-refractivity contribution in [3.05, 3.63) is 34.9 Å². The maximum Gasteiger partial charge on any atom is 0.0387 e. The molecule has 3 N–H and O–H groups in total. The lowest BCUT2D eigenvalue weighted by atomic mass is 9.94. The quantitative estimate of drug-likeness (QED) is 0.804. The van der Waals surface area contributed by atoms with Gasteiger partial charge in [0.1, 0.15) is 0 Å². The van der Waals surface area contributed by atoms with Crippen molar-refractivity contribution in [2.45, 2.75) is 65.3 Å². The summed E-state index contributed by atoms with van der Waals surface area (Å²) in [5.74, 6) is 0. The molecule has 2 heteroatoms. The molecule has 0 spiro atoms. The van der Waals surface area contributed by atoms with Gasteiger partial charge in [-0.25, -0.2) is 0 Å². The van der Waals surface area contributed by atoms with E-state index in [0.29, 0.717) is 0 Å². The van der Waals surface area contributed by atoms with Crippen molar-refractivity contribution in [2.24, 2.45) is 5.73 Å². The van der Waals surface area contributed by atoms with Crippen LogP contribution in [0, 0.1) is 0 Å². The molecule has 0 amide bonds. The molecule has 1 aromatic rings.